The number of amides is 1. The van der Waals surface area contributed by atoms with E-state index in [-0.39, 0.29) is 17.6 Å². The van der Waals surface area contributed by atoms with Crippen LogP contribution in [0.5, 0.6) is 5.75 Å². The molecule has 10 nitrogen and oxygen atoms in total. The highest BCUT2D eigenvalue weighted by Crippen LogP contribution is 2.44. The molecule has 0 radical (unpaired) electrons. The van der Waals surface area contributed by atoms with Crippen LogP contribution in [0.3, 0.4) is 0 Å². The molecular formula is C29H27N5O5S. The highest BCUT2D eigenvalue weighted by atomic mass is 32.1. The Kier molecular flexibility index (Phi) is 7.47. The first-order chi connectivity index (χ1) is 19.3. The number of aryl methyl sites for hydroxylation is 1. The zero-order valence-corrected chi connectivity index (χ0v) is 22.9. The van der Waals surface area contributed by atoms with Crippen molar-refractivity contribution in [3.05, 3.63) is 100 Å². The number of aromatic nitrogens is 1. The second kappa shape index (κ2) is 11.1. The molecule has 0 aliphatic carbocycles. The van der Waals surface area contributed by atoms with Crippen LogP contribution in [-0.4, -0.2) is 28.0 Å². The largest absolute Gasteiger partial charge is 0.496 e. The summed E-state index contributed by atoms with van der Waals surface area (Å²) in [5, 5.41) is 18.1. The van der Waals surface area contributed by atoms with Gasteiger partial charge >= 0.3 is 0 Å². The summed E-state index contributed by atoms with van der Waals surface area (Å²) in [5.74, 6) is 1.37. The monoisotopic (exact) mass is 557 g/mol. The van der Waals surface area contributed by atoms with E-state index in [0.717, 1.165) is 22.6 Å². The van der Waals surface area contributed by atoms with Crippen LogP contribution in [-0.2, 0) is 4.79 Å². The van der Waals surface area contributed by atoms with Crippen LogP contribution in [0.15, 0.2) is 77.3 Å². The number of thiocarbonyl (C=S) groups is 1. The van der Waals surface area contributed by atoms with Crippen molar-refractivity contribution in [3.63, 3.8) is 0 Å². The van der Waals surface area contributed by atoms with Gasteiger partial charge < -0.3 is 24.7 Å². The molecule has 0 saturated carbocycles. The molecule has 1 aliphatic rings. The molecule has 2 aromatic carbocycles. The predicted octanol–water partition coefficient (Wildman–Crippen LogP) is 6.09. The first-order valence-corrected chi connectivity index (χ1v) is 13.0. The van der Waals surface area contributed by atoms with Crippen molar-refractivity contribution in [1.29, 1.82) is 0 Å². The number of hydrogen-bond donors (Lipinski definition) is 2. The van der Waals surface area contributed by atoms with Gasteiger partial charge in [-0.15, -0.1) is 0 Å². The Morgan fingerprint density at radius 3 is 2.70 bits per heavy atom. The zero-order valence-electron chi connectivity index (χ0n) is 22.1. The number of furan rings is 1. The fourth-order valence-electron chi connectivity index (χ4n) is 4.75. The molecular weight excluding hydrogens is 530 g/mol. The van der Waals surface area contributed by atoms with E-state index in [1.54, 1.807) is 19.2 Å². The fraction of sp³-hybridized carbons (Fsp3) is 0.207. The molecule has 1 saturated heterocycles. The van der Waals surface area contributed by atoms with E-state index in [1.807, 2.05) is 60.4 Å². The SMILES string of the molecule is CCC(=O)Nc1ccc(N2C(=S)N[C@@H](c3ccccn3)[C@@H]2c2ccc(-c3ccc([N+](=O)[O-])cc3OC)o2)cc1C. The van der Waals surface area contributed by atoms with Crippen LogP contribution in [0.1, 0.15) is 42.4 Å². The van der Waals surface area contributed by atoms with Crippen LogP contribution in [0.4, 0.5) is 17.1 Å². The first-order valence-electron chi connectivity index (χ1n) is 12.6. The van der Waals surface area contributed by atoms with E-state index < -0.39 is 11.0 Å². The molecule has 0 spiro atoms. The van der Waals surface area contributed by atoms with E-state index in [1.165, 1.54) is 19.2 Å². The van der Waals surface area contributed by atoms with Gasteiger partial charge in [0.2, 0.25) is 5.91 Å². The van der Waals surface area contributed by atoms with E-state index in [2.05, 4.69) is 15.6 Å². The number of hydrogen-bond acceptors (Lipinski definition) is 7. The third-order valence-electron chi connectivity index (χ3n) is 6.76. The molecule has 5 rings (SSSR count). The number of nitrogens with one attached hydrogen (secondary N) is 2. The zero-order chi connectivity index (χ0) is 28.4. The van der Waals surface area contributed by atoms with Gasteiger partial charge in [0, 0.05) is 30.1 Å². The number of non-ortho nitro benzene ring substituents is 1. The number of ether oxygens (including phenoxy) is 1. The molecule has 0 unspecified atom stereocenters. The van der Waals surface area contributed by atoms with Crippen LogP contribution in [0.2, 0.25) is 0 Å². The van der Waals surface area contributed by atoms with Crippen molar-refractivity contribution in [3.8, 4) is 17.1 Å². The number of anilines is 2. The standard InChI is InChI=1S/C29H27N5O5S/c1-4-26(35)31-21-11-9-18(15-17(21)2)33-28(27(32-29(33)40)22-7-5-6-14-30-22)24-13-12-23(39-24)20-10-8-19(34(36)37)16-25(20)38-3/h5-16,27-28H,4H2,1-3H3,(H,31,35)(H,32,40)/t27-,28-/m0/s1. The summed E-state index contributed by atoms with van der Waals surface area (Å²) in [7, 11) is 1.46. The molecule has 2 N–H and O–H groups in total. The van der Waals surface area contributed by atoms with Crippen LogP contribution in [0.25, 0.3) is 11.3 Å². The average Bonchev–Trinajstić information content (AvgIpc) is 3.58. The molecule has 0 bridgehead atoms. The highest BCUT2D eigenvalue weighted by Gasteiger charge is 2.42. The molecule has 2 aromatic heterocycles. The van der Waals surface area contributed by atoms with Crippen molar-refractivity contribution >= 4 is 40.3 Å². The minimum atomic E-state index is -0.471. The van der Waals surface area contributed by atoms with Crippen LogP contribution < -0.4 is 20.3 Å². The van der Waals surface area contributed by atoms with Crippen molar-refractivity contribution in [2.45, 2.75) is 32.4 Å². The number of nitro benzene ring substituents is 1. The van der Waals surface area contributed by atoms with E-state index in [0.29, 0.717) is 34.4 Å². The summed E-state index contributed by atoms with van der Waals surface area (Å²) in [5.41, 5.74) is 3.73. The Morgan fingerprint density at radius 2 is 2.02 bits per heavy atom. The molecule has 2 atom stereocenters. The lowest BCUT2D eigenvalue weighted by molar-refractivity contribution is -0.384. The maximum absolute atomic E-state index is 12.0. The van der Waals surface area contributed by atoms with Crippen molar-refractivity contribution in [1.82, 2.24) is 10.3 Å². The third-order valence-corrected chi connectivity index (χ3v) is 7.08. The van der Waals surface area contributed by atoms with E-state index >= 15 is 0 Å². The number of carbonyl (C=O) groups is 1. The number of methoxy groups -OCH3 is 1. The molecule has 1 aliphatic heterocycles. The molecule has 11 heteroatoms. The molecule has 1 amide bonds. The van der Waals surface area contributed by atoms with Gasteiger partial charge in [-0.3, -0.25) is 19.9 Å². The minimum Gasteiger partial charge on any atom is -0.496 e. The topological polar surface area (TPSA) is 123 Å². The minimum absolute atomic E-state index is 0.0629. The number of benzene rings is 2. The Hall–Kier alpha value is -4.77. The lowest BCUT2D eigenvalue weighted by Crippen LogP contribution is -2.29. The number of nitrogens with zero attached hydrogens (tertiary/aromatic N) is 3. The molecule has 3 heterocycles. The normalized spacial score (nSPS) is 16.5. The Morgan fingerprint density at radius 1 is 1.20 bits per heavy atom. The van der Waals surface area contributed by atoms with Crippen molar-refractivity contribution < 1.29 is 18.9 Å². The first kappa shape index (κ1) is 26.8. The van der Waals surface area contributed by atoms with Crippen LogP contribution >= 0.6 is 12.2 Å². The second-order valence-corrected chi connectivity index (χ2v) is 9.63. The summed E-state index contributed by atoms with van der Waals surface area (Å²) < 4.78 is 11.8. The van der Waals surface area contributed by atoms with Gasteiger partial charge in [-0.2, -0.15) is 0 Å². The van der Waals surface area contributed by atoms with Gasteiger partial charge in [0.25, 0.3) is 5.69 Å². The quantitative estimate of drug-likeness (QED) is 0.150. The van der Waals surface area contributed by atoms with Gasteiger partial charge in [-0.05, 0) is 73.2 Å². The van der Waals surface area contributed by atoms with Gasteiger partial charge in [-0.1, -0.05) is 13.0 Å². The molecule has 4 aromatic rings. The molecule has 1 fully saturated rings. The number of rotatable bonds is 8. The second-order valence-electron chi connectivity index (χ2n) is 9.24. The Labute approximate surface area is 236 Å². The van der Waals surface area contributed by atoms with E-state index in [9.17, 15) is 14.9 Å². The highest BCUT2D eigenvalue weighted by molar-refractivity contribution is 7.80. The predicted molar refractivity (Wildman–Crippen MR) is 155 cm³/mol. The molecule has 204 valence electrons. The summed E-state index contributed by atoms with van der Waals surface area (Å²) in [6, 6.07) is 18.8. The van der Waals surface area contributed by atoms with Gasteiger partial charge in [-0.25, -0.2) is 0 Å². The number of nitro groups is 1. The van der Waals surface area contributed by atoms with Gasteiger partial charge in [0.1, 0.15) is 23.3 Å². The summed E-state index contributed by atoms with van der Waals surface area (Å²) >= 11 is 5.81. The smallest absolute Gasteiger partial charge is 0.273 e. The summed E-state index contributed by atoms with van der Waals surface area (Å²) in [6.45, 7) is 3.73. The third kappa shape index (κ3) is 5.10. The average molecular weight is 558 g/mol. The van der Waals surface area contributed by atoms with Crippen LogP contribution in [0, 0.1) is 17.0 Å². The van der Waals surface area contributed by atoms with Gasteiger partial charge in [0.15, 0.2) is 5.11 Å². The lowest BCUT2D eigenvalue weighted by atomic mass is 10.0. The van der Waals surface area contributed by atoms with Crippen molar-refractivity contribution in [2.24, 2.45) is 0 Å². The summed E-state index contributed by atoms with van der Waals surface area (Å²) in [4.78, 5) is 29.3. The fourth-order valence-corrected chi connectivity index (χ4v) is 5.10. The number of carbonyl (C=O) groups excluding carboxylic acids is 1. The molecule has 40 heavy (non-hydrogen) atoms. The van der Waals surface area contributed by atoms with Crippen molar-refractivity contribution in [2.75, 3.05) is 17.3 Å². The maximum atomic E-state index is 12.0. The number of pyridine rings is 1. The maximum Gasteiger partial charge on any atom is 0.273 e. The Bertz CT molecular complexity index is 1590. The van der Waals surface area contributed by atoms with Gasteiger partial charge in [0.05, 0.1) is 35.4 Å². The lowest BCUT2D eigenvalue weighted by Gasteiger charge is -2.27. The van der Waals surface area contributed by atoms with E-state index in [4.69, 9.17) is 21.4 Å². The Balaban J connectivity index is 1.57. The summed E-state index contributed by atoms with van der Waals surface area (Å²) in [6.07, 6.45) is 2.11.